The van der Waals surface area contributed by atoms with E-state index in [4.69, 9.17) is 11.6 Å². The molecule has 1 fully saturated rings. The highest BCUT2D eigenvalue weighted by atomic mass is 35.5. The number of nitrogens with one attached hydrogen (secondary N) is 1. The Labute approximate surface area is 149 Å². The van der Waals surface area contributed by atoms with Crippen molar-refractivity contribution in [2.45, 2.75) is 25.1 Å². The molecule has 8 heteroatoms. The van der Waals surface area contributed by atoms with Gasteiger partial charge in [-0.3, -0.25) is 0 Å². The molecule has 1 aromatic heterocycles. The summed E-state index contributed by atoms with van der Waals surface area (Å²) in [5.74, 6) is 0.645. The summed E-state index contributed by atoms with van der Waals surface area (Å²) in [6.07, 6.45) is -2.23. The van der Waals surface area contributed by atoms with Gasteiger partial charge in [0.15, 0.2) is 0 Å². The summed E-state index contributed by atoms with van der Waals surface area (Å²) in [7, 11) is 2.08. The van der Waals surface area contributed by atoms with Crippen molar-refractivity contribution in [2.24, 2.45) is 0 Å². The molecule has 0 unspecified atom stereocenters. The monoisotopic (exact) mass is 370 g/mol. The van der Waals surface area contributed by atoms with Gasteiger partial charge in [0.2, 0.25) is 0 Å². The lowest BCUT2D eigenvalue weighted by Crippen LogP contribution is -2.39. The largest absolute Gasteiger partial charge is 0.416 e. The van der Waals surface area contributed by atoms with Crippen LogP contribution in [0.5, 0.6) is 0 Å². The number of likely N-dealkylation sites (tertiary alicyclic amines) is 1. The van der Waals surface area contributed by atoms with Gasteiger partial charge in [-0.1, -0.05) is 17.7 Å². The Morgan fingerprint density at radius 2 is 2.00 bits per heavy atom. The number of piperidine rings is 1. The first kappa shape index (κ1) is 17.9. The predicted molar refractivity (Wildman–Crippen MR) is 91.6 cm³/mol. The molecular formula is C17H18ClF3N4. The third-order valence-electron chi connectivity index (χ3n) is 4.21. The second-order valence-electron chi connectivity index (χ2n) is 6.24. The van der Waals surface area contributed by atoms with E-state index in [0.717, 1.165) is 38.1 Å². The number of rotatable bonds is 3. The van der Waals surface area contributed by atoms with E-state index < -0.39 is 11.7 Å². The molecule has 0 bridgehead atoms. The highest BCUT2D eigenvalue weighted by Crippen LogP contribution is 2.35. The minimum Gasteiger partial charge on any atom is -0.365 e. The van der Waals surface area contributed by atoms with Crippen LogP contribution in [0.15, 0.2) is 30.3 Å². The molecule has 1 aliphatic heterocycles. The first-order valence-electron chi connectivity index (χ1n) is 7.99. The van der Waals surface area contributed by atoms with Crippen molar-refractivity contribution in [1.82, 2.24) is 15.1 Å². The van der Waals surface area contributed by atoms with Gasteiger partial charge in [0, 0.05) is 18.2 Å². The Bertz CT molecular complexity index is 734. The smallest absolute Gasteiger partial charge is 0.365 e. The van der Waals surface area contributed by atoms with Crippen LogP contribution in [0.2, 0.25) is 5.02 Å². The average molecular weight is 371 g/mol. The first-order valence-corrected chi connectivity index (χ1v) is 8.36. The quantitative estimate of drug-likeness (QED) is 0.873. The number of aromatic nitrogens is 2. The number of nitrogens with zero attached hydrogens (tertiary/aromatic N) is 3. The fourth-order valence-corrected chi connectivity index (χ4v) is 3.22. The van der Waals surface area contributed by atoms with Crippen molar-refractivity contribution in [3.63, 3.8) is 0 Å². The maximum Gasteiger partial charge on any atom is 0.416 e. The van der Waals surface area contributed by atoms with Gasteiger partial charge in [0.05, 0.1) is 16.3 Å². The molecule has 1 saturated heterocycles. The van der Waals surface area contributed by atoms with Crippen molar-refractivity contribution >= 4 is 17.4 Å². The van der Waals surface area contributed by atoms with Gasteiger partial charge in [-0.05, 0) is 50.7 Å². The van der Waals surface area contributed by atoms with Crippen LogP contribution in [0.3, 0.4) is 0 Å². The lowest BCUT2D eigenvalue weighted by atomic mass is 10.1. The lowest BCUT2D eigenvalue weighted by molar-refractivity contribution is -0.137. The first-order chi connectivity index (χ1) is 11.8. The number of anilines is 1. The van der Waals surface area contributed by atoms with Crippen LogP contribution in [0.1, 0.15) is 18.4 Å². The zero-order chi connectivity index (χ0) is 18.0. The third-order valence-corrected chi connectivity index (χ3v) is 4.53. The van der Waals surface area contributed by atoms with E-state index >= 15 is 0 Å². The second-order valence-corrected chi connectivity index (χ2v) is 6.65. The van der Waals surface area contributed by atoms with Crippen LogP contribution in [0.25, 0.3) is 11.3 Å². The normalized spacial score (nSPS) is 19.0. The molecule has 0 spiro atoms. The average Bonchev–Trinajstić information content (AvgIpc) is 2.55. The number of benzene rings is 1. The molecule has 2 heterocycles. The molecule has 0 amide bonds. The SMILES string of the molecule is CN1CCC[C@@H](Nc2ccc(-c3ccc(C(F)(F)F)cc3Cl)nn2)C1. The maximum atomic E-state index is 12.7. The Balaban J connectivity index is 1.74. The van der Waals surface area contributed by atoms with E-state index in [1.807, 2.05) is 0 Å². The van der Waals surface area contributed by atoms with Crippen LogP contribution < -0.4 is 5.32 Å². The van der Waals surface area contributed by atoms with Gasteiger partial charge in [-0.25, -0.2) is 0 Å². The summed E-state index contributed by atoms with van der Waals surface area (Å²) in [6, 6.07) is 7.00. The Morgan fingerprint density at radius 3 is 2.60 bits per heavy atom. The highest BCUT2D eigenvalue weighted by molar-refractivity contribution is 6.33. The van der Waals surface area contributed by atoms with E-state index in [1.54, 1.807) is 12.1 Å². The summed E-state index contributed by atoms with van der Waals surface area (Å²) in [4.78, 5) is 2.25. The molecule has 1 aliphatic rings. The zero-order valence-electron chi connectivity index (χ0n) is 13.6. The van der Waals surface area contributed by atoms with Crippen LogP contribution in [0, 0.1) is 0 Å². The van der Waals surface area contributed by atoms with E-state index in [2.05, 4.69) is 27.5 Å². The Kier molecular flexibility index (Phi) is 5.15. The number of hydrogen-bond acceptors (Lipinski definition) is 4. The lowest BCUT2D eigenvalue weighted by Gasteiger charge is -2.30. The fraction of sp³-hybridized carbons (Fsp3) is 0.412. The third kappa shape index (κ3) is 4.41. The standard InChI is InChI=1S/C17H18ClF3N4/c1-25-8-2-3-12(10-25)22-16-7-6-15(23-24-16)13-5-4-11(9-14(13)18)17(19,20)21/h4-7,9,12H,2-3,8,10H2,1H3,(H,22,24)/t12-/m1/s1. The molecule has 1 atom stereocenters. The summed E-state index contributed by atoms with van der Waals surface area (Å²) in [6.45, 7) is 2.03. The molecule has 0 aliphatic carbocycles. The van der Waals surface area contributed by atoms with E-state index in [1.165, 1.54) is 6.07 Å². The minimum absolute atomic E-state index is 0.00117. The van der Waals surface area contributed by atoms with Gasteiger partial charge >= 0.3 is 6.18 Å². The number of hydrogen-bond donors (Lipinski definition) is 1. The van der Waals surface area contributed by atoms with E-state index in [9.17, 15) is 13.2 Å². The van der Waals surface area contributed by atoms with Crippen molar-refractivity contribution in [3.05, 3.63) is 40.9 Å². The van der Waals surface area contributed by atoms with Crippen molar-refractivity contribution < 1.29 is 13.2 Å². The van der Waals surface area contributed by atoms with Gasteiger partial charge in [0.1, 0.15) is 5.82 Å². The molecule has 25 heavy (non-hydrogen) atoms. The van der Waals surface area contributed by atoms with Crippen molar-refractivity contribution in [1.29, 1.82) is 0 Å². The Morgan fingerprint density at radius 1 is 1.20 bits per heavy atom. The molecule has 0 saturated carbocycles. The van der Waals surface area contributed by atoms with Crippen molar-refractivity contribution in [2.75, 3.05) is 25.5 Å². The topological polar surface area (TPSA) is 41.0 Å². The Hall–Kier alpha value is -1.86. The fourth-order valence-electron chi connectivity index (χ4n) is 2.95. The molecule has 134 valence electrons. The number of halogens is 4. The summed E-state index contributed by atoms with van der Waals surface area (Å²) >= 11 is 5.99. The van der Waals surface area contributed by atoms with Crippen molar-refractivity contribution in [3.8, 4) is 11.3 Å². The molecule has 1 N–H and O–H groups in total. The van der Waals surface area contributed by atoms with Crippen LogP contribution in [-0.4, -0.2) is 41.3 Å². The molecule has 4 nitrogen and oxygen atoms in total. The molecular weight excluding hydrogens is 353 g/mol. The van der Waals surface area contributed by atoms with Gasteiger partial charge in [-0.2, -0.15) is 13.2 Å². The molecule has 1 aromatic carbocycles. The van der Waals surface area contributed by atoms with Gasteiger partial charge in [0.25, 0.3) is 0 Å². The molecule has 2 aromatic rings. The van der Waals surface area contributed by atoms with Gasteiger partial charge in [-0.15, -0.1) is 10.2 Å². The van der Waals surface area contributed by atoms with Gasteiger partial charge < -0.3 is 10.2 Å². The zero-order valence-corrected chi connectivity index (χ0v) is 14.4. The minimum atomic E-state index is -4.42. The van der Waals surface area contributed by atoms with E-state index in [-0.39, 0.29) is 5.02 Å². The van der Waals surface area contributed by atoms with E-state index in [0.29, 0.717) is 23.1 Å². The summed E-state index contributed by atoms with van der Waals surface area (Å²) < 4.78 is 38.1. The number of alkyl halides is 3. The second kappa shape index (κ2) is 7.17. The highest BCUT2D eigenvalue weighted by Gasteiger charge is 2.31. The van der Waals surface area contributed by atoms with Crippen LogP contribution >= 0.6 is 11.6 Å². The predicted octanol–water partition coefficient (Wildman–Crippen LogP) is 4.32. The maximum absolute atomic E-state index is 12.7. The van der Waals surface area contributed by atoms with Crippen LogP contribution in [-0.2, 0) is 6.18 Å². The molecule has 3 rings (SSSR count). The van der Waals surface area contributed by atoms with Crippen LogP contribution in [0.4, 0.5) is 19.0 Å². The summed E-state index contributed by atoms with van der Waals surface area (Å²) in [5, 5.41) is 11.6. The molecule has 0 radical (unpaired) electrons. The summed E-state index contributed by atoms with van der Waals surface area (Å²) in [5.41, 5.74) is 0.0741. The number of likely N-dealkylation sites (N-methyl/N-ethyl adjacent to an activating group) is 1.